The molecule has 3 rings (SSSR count). The van der Waals surface area contributed by atoms with Crippen LogP contribution in [0.2, 0.25) is 4.34 Å². The van der Waals surface area contributed by atoms with Gasteiger partial charge in [-0.15, -0.1) is 11.3 Å². The topological polar surface area (TPSA) is 67.5 Å². The number of rotatable bonds is 2. The fraction of sp³-hybridized carbons (Fsp3) is 0. The van der Waals surface area contributed by atoms with E-state index in [0.717, 1.165) is 0 Å². The Bertz CT molecular complexity index is 878. The molecule has 0 amide bonds. The first-order valence-corrected chi connectivity index (χ1v) is 6.82. The van der Waals surface area contributed by atoms with E-state index >= 15 is 0 Å². The second-order valence-corrected chi connectivity index (χ2v) is 5.76. The molecule has 0 saturated heterocycles. The Balaban J connectivity index is 2.49. The molecule has 20 heavy (non-hydrogen) atoms. The second kappa shape index (κ2) is 4.77. The van der Waals surface area contributed by atoms with Gasteiger partial charge in [0.2, 0.25) is 5.76 Å². The van der Waals surface area contributed by atoms with E-state index in [-0.39, 0.29) is 5.76 Å². The molecule has 2 heterocycles. The summed E-state index contributed by atoms with van der Waals surface area (Å²) in [7, 11) is 0. The van der Waals surface area contributed by atoms with Gasteiger partial charge in [-0.05, 0) is 18.2 Å². The summed E-state index contributed by atoms with van der Waals surface area (Å²) in [5, 5.41) is 10.1. The third-order valence-corrected chi connectivity index (χ3v) is 4.10. The molecule has 3 aromatic rings. The Morgan fingerprint density at radius 2 is 1.85 bits per heavy atom. The van der Waals surface area contributed by atoms with Gasteiger partial charge in [0.1, 0.15) is 0 Å². The summed E-state index contributed by atoms with van der Waals surface area (Å²) in [5.41, 5.74) is -0.283. The number of thiophene rings is 1. The van der Waals surface area contributed by atoms with Crippen LogP contribution in [0.15, 0.2) is 45.6 Å². The van der Waals surface area contributed by atoms with E-state index < -0.39 is 11.6 Å². The third kappa shape index (κ3) is 2.01. The number of halogens is 1. The Morgan fingerprint density at radius 1 is 1.15 bits per heavy atom. The number of fused-ring (bicyclic) bond motifs is 1. The van der Waals surface area contributed by atoms with Gasteiger partial charge >= 0.3 is 11.6 Å². The van der Waals surface area contributed by atoms with Gasteiger partial charge in [-0.2, -0.15) is 0 Å². The SMILES string of the molecule is O=C(O)c1oc(=O)c2ccccc2c1-c1ccc(Cl)s1. The van der Waals surface area contributed by atoms with Crippen LogP contribution in [0.5, 0.6) is 0 Å². The highest BCUT2D eigenvalue weighted by molar-refractivity contribution is 7.19. The molecule has 0 radical (unpaired) electrons. The summed E-state index contributed by atoms with van der Waals surface area (Å²) < 4.78 is 5.49. The van der Waals surface area contributed by atoms with Gasteiger partial charge in [0, 0.05) is 10.3 Å². The van der Waals surface area contributed by atoms with Crippen LogP contribution < -0.4 is 5.63 Å². The highest BCUT2D eigenvalue weighted by atomic mass is 35.5. The van der Waals surface area contributed by atoms with Crippen LogP contribution in [0.1, 0.15) is 10.6 Å². The quantitative estimate of drug-likeness (QED) is 0.780. The Labute approximate surface area is 121 Å². The first kappa shape index (κ1) is 12.9. The lowest BCUT2D eigenvalue weighted by Gasteiger charge is -2.06. The normalized spacial score (nSPS) is 10.8. The number of benzene rings is 1. The molecule has 0 fully saturated rings. The molecule has 6 heteroatoms. The van der Waals surface area contributed by atoms with E-state index in [1.165, 1.54) is 11.3 Å². The van der Waals surface area contributed by atoms with Gasteiger partial charge in [0.05, 0.1) is 15.3 Å². The van der Waals surface area contributed by atoms with Crippen LogP contribution >= 0.6 is 22.9 Å². The molecule has 1 aromatic carbocycles. The highest BCUT2D eigenvalue weighted by Gasteiger charge is 2.21. The lowest BCUT2D eigenvalue weighted by molar-refractivity contribution is 0.0659. The average Bonchev–Trinajstić information content (AvgIpc) is 2.85. The Kier molecular flexibility index (Phi) is 3.08. The van der Waals surface area contributed by atoms with Crippen LogP contribution in [-0.4, -0.2) is 11.1 Å². The van der Waals surface area contributed by atoms with Crippen LogP contribution in [0.3, 0.4) is 0 Å². The molecule has 0 saturated carbocycles. The molecule has 0 aliphatic rings. The first-order valence-electron chi connectivity index (χ1n) is 5.63. The minimum atomic E-state index is -1.28. The molecular weight excluding hydrogens is 300 g/mol. The minimum absolute atomic E-state index is 0.344. The highest BCUT2D eigenvalue weighted by Crippen LogP contribution is 2.36. The van der Waals surface area contributed by atoms with Crippen molar-refractivity contribution in [1.82, 2.24) is 0 Å². The zero-order valence-corrected chi connectivity index (χ0v) is 11.5. The van der Waals surface area contributed by atoms with Crippen molar-refractivity contribution in [3.63, 3.8) is 0 Å². The number of carboxylic acids is 1. The van der Waals surface area contributed by atoms with Crippen LogP contribution in [0.25, 0.3) is 21.2 Å². The monoisotopic (exact) mass is 306 g/mol. The van der Waals surface area contributed by atoms with Gasteiger partial charge in [0.15, 0.2) is 0 Å². The molecule has 0 aliphatic carbocycles. The van der Waals surface area contributed by atoms with Gasteiger partial charge in [-0.3, -0.25) is 0 Å². The Hall–Kier alpha value is -2.11. The standard InChI is InChI=1S/C14H7ClO4S/c15-10-6-5-9(20-10)11-7-3-1-2-4-8(7)14(18)19-12(11)13(16)17/h1-6H,(H,16,17). The molecule has 2 aromatic heterocycles. The number of hydrogen-bond donors (Lipinski definition) is 1. The predicted octanol–water partition coefficient (Wildman–Crippen LogP) is 3.87. The fourth-order valence-corrected chi connectivity index (χ4v) is 3.14. The summed E-state index contributed by atoms with van der Waals surface area (Å²) in [6, 6.07) is 10.1. The first-order chi connectivity index (χ1) is 9.58. The van der Waals surface area contributed by atoms with Crippen molar-refractivity contribution in [2.24, 2.45) is 0 Å². The van der Waals surface area contributed by atoms with E-state index in [9.17, 15) is 14.7 Å². The van der Waals surface area contributed by atoms with Crippen molar-refractivity contribution in [3.05, 3.63) is 56.9 Å². The maximum absolute atomic E-state index is 11.8. The maximum atomic E-state index is 11.8. The van der Waals surface area contributed by atoms with Crippen molar-refractivity contribution < 1.29 is 14.3 Å². The summed E-state index contributed by atoms with van der Waals surface area (Å²) in [4.78, 5) is 23.8. The average molecular weight is 307 g/mol. The number of aromatic carboxylic acids is 1. The minimum Gasteiger partial charge on any atom is -0.475 e. The van der Waals surface area contributed by atoms with Crippen LogP contribution in [0, 0.1) is 0 Å². The summed E-state index contributed by atoms with van der Waals surface area (Å²) in [6.07, 6.45) is 0. The Morgan fingerprint density at radius 3 is 2.45 bits per heavy atom. The fourth-order valence-electron chi connectivity index (χ4n) is 2.04. The van der Waals surface area contributed by atoms with Crippen molar-refractivity contribution in [2.75, 3.05) is 0 Å². The molecule has 0 atom stereocenters. The zero-order chi connectivity index (χ0) is 14.3. The molecule has 100 valence electrons. The van der Waals surface area contributed by atoms with Crippen molar-refractivity contribution >= 4 is 39.7 Å². The van der Waals surface area contributed by atoms with Gasteiger partial charge in [0.25, 0.3) is 0 Å². The zero-order valence-electron chi connectivity index (χ0n) is 9.92. The van der Waals surface area contributed by atoms with E-state index in [1.54, 1.807) is 36.4 Å². The number of carboxylic acid groups (broad SMARTS) is 1. The van der Waals surface area contributed by atoms with Crippen molar-refractivity contribution in [3.8, 4) is 10.4 Å². The lowest BCUT2D eigenvalue weighted by atomic mass is 10.0. The van der Waals surface area contributed by atoms with E-state index in [2.05, 4.69) is 0 Å². The number of hydrogen-bond acceptors (Lipinski definition) is 4. The van der Waals surface area contributed by atoms with Crippen molar-refractivity contribution in [2.45, 2.75) is 0 Å². The molecule has 1 N–H and O–H groups in total. The summed E-state index contributed by atoms with van der Waals surface area (Å²) >= 11 is 7.14. The van der Waals surface area contributed by atoms with Crippen molar-refractivity contribution in [1.29, 1.82) is 0 Å². The second-order valence-electron chi connectivity index (χ2n) is 4.05. The largest absolute Gasteiger partial charge is 0.475 e. The molecule has 0 spiro atoms. The van der Waals surface area contributed by atoms with E-state index in [4.69, 9.17) is 16.0 Å². The van der Waals surface area contributed by atoms with Crippen LogP contribution in [0.4, 0.5) is 0 Å². The molecule has 0 bridgehead atoms. The van der Waals surface area contributed by atoms with Gasteiger partial charge in [-0.25, -0.2) is 9.59 Å². The molecule has 0 aliphatic heterocycles. The molecular formula is C14H7ClO4S. The van der Waals surface area contributed by atoms with Crippen LogP contribution in [-0.2, 0) is 0 Å². The van der Waals surface area contributed by atoms with E-state index in [0.29, 0.717) is 25.5 Å². The third-order valence-electron chi connectivity index (χ3n) is 2.85. The summed E-state index contributed by atoms with van der Waals surface area (Å²) in [6.45, 7) is 0. The predicted molar refractivity (Wildman–Crippen MR) is 77.8 cm³/mol. The molecule has 0 unspecified atom stereocenters. The van der Waals surface area contributed by atoms with Gasteiger partial charge in [-0.1, -0.05) is 29.8 Å². The number of carbonyl (C=O) groups is 1. The molecule has 4 nitrogen and oxygen atoms in total. The smallest absolute Gasteiger partial charge is 0.372 e. The lowest BCUT2D eigenvalue weighted by Crippen LogP contribution is -2.08. The summed E-state index contributed by atoms with van der Waals surface area (Å²) in [5.74, 6) is -1.65. The van der Waals surface area contributed by atoms with E-state index in [1.807, 2.05) is 0 Å². The maximum Gasteiger partial charge on any atom is 0.372 e. The van der Waals surface area contributed by atoms with Gasteiger partial charge < -0.3 is 9.52 Å².